The van der Waals surface area contributed by atoms with Crippen molar-refractivity contribution in [2.24, 2.45) is 10.9 Å². The van der Waals surface area contributed by atoms with Gasteiger partial charge in [0, 0.05) is 0 Å². The van der Waals surface area contributed by atoms with Gasteiger partial charge in [0.15, 0.2) is 5.84 Å². The number of carbonyl (C=O) groups is 1. The lowest BCUT2D eigenvalue weighted by atomic mass is 9.98. The Morgan fingerprint density at radius 2 is 2.15 bits per heavy atom. The van der Waals surface area contributed by atoms with E-state index in [1.165, 1.54) is 7.11 Å². The molecule has 0 bridgehead atoms. The molecule has 7 nitrogen and oxygen atoms in total. The molecule has 0 heterocycles. The van der Waals surface area contributed by atoms with Crippen LogP contribution >= 0.6 is 0 Å². The highest BCUT2D eigenvalue weighted by Crippen LogP contribution is 2.23. The standard InChI is InChI=1S/C13H20N4O3/c1-4-13(2,11(14)17-19)16-12(18)15-9-7-5-6-8-10(9)20-3/h5-8,19H,4H2,1-3H3,(H2,14,17)(H2,15,16,18). The summed E-state index contributed by atoms with van der Waals surface area (Å²) in [6, 6.07) is 6.56. The number of oxime groups is 1. The summed E-state index contributed by atoms with van der Waals surface area (Å²) in [5, 5.41) is 17.0. The highest BCUT2D eigenvalue weighted by atomic mass is 16.5. The second-order valence-electron chi connectivity index (χ2n) is 4.45. The molecule has 2 amide bonds. The zero-order valence-corrected chi connectivity index (χ0v) is 11.8. The van der Waals surface area contributed by atoms with Crippen molar-refractivity contribution in [1.29, 1.82) is 0 Å². The van der Waals surface area contributed by atoms with E-state index in [1.54, 1.807) is 31.2 Å². The molecule has 0 spiro atoms. The van der Waals surface area contributed by atoms with Gasteiger partial charge in [-0.2, -0.15) is 0 Å². The summed E-state index contributed by atoms with van der Waals surface area (Å²) in [5.41, 5.74) is 5.20. The smallest absolute Gasteiger partial charge is 0.320 e. The van der Waals surface area contributed by atoms with Crippen LogP contribution in [0.4, 0.5) is 10.5 Å². The number of hydrogen-bond donors (Lipinski definition) is 4. The normalized spacial score (nSPS) is 14.2. The molecule has 0 saturated heterocycles. The zero-order chi connectivity index (χ0) is 15.2. The van der Waals surface area contributed by atoms with Gasteiger partial charge < -0.3 is 26.3 Å². The first-order chi connectivity index (χ1) is 9.46. The van der Waals surface area contributed by atoms with Crippen molar-refractivity contribution in [1.82, 2.24) is 5.32 Å². The van der Waals surface area contributed by atoms with E-state index in [2.05, 4.69) is 15.8 Å². The molecule has 0 aliphatic heterocycles. The Kier molecular flexibility index (Phi) is 5.19. The van der Waals surface area contributed by atoms with Gasteiger partial charge in [0.1, 0.15) is 5.75 Å². The van der Waals surface area contributed by atoms with Crippen LogP contribution in [0.25, 0.3) is 0 Å². The summed E-state index contributed by atoms with van der Waals surface area (Å²) in [7, 11) is 1.52. The van der Waals surface area contributed by atoms with E-state index in [1.807, 2.05) is 6.92 Å². The number of benzene rings is 1. The second kappa shape index (κ2) is 6.65. The van der Waals surface area contributed by atoms with E-state index in [-0.39, 0.29) is 5.84 Å². The predicted molar refractivity (Wildman–Crippen MR) is 77.3 cm³/mol. The molecule has 5 N–H and O–H groups in total. The monoisotopic (exact) mass is 280 g/mol. The third kappa shape index (κ3) is 3.53. The van der Waals surface area contributed by atoms with Crippen LogP contribution in [0.5, 0.6) is 5.75 Å². The number of amides is 2. The molecule has 7 heteroatoms. The molecule has 110 valence electrons. The Hall–Kier alpha value is -2.44. The predicted octanol–water partition coefficient (Wildman–Crippen LogP) is 1.73. The first kappa shape index (κ1) is 15.6. The average molecular weight is 280 g/mol. The third-order valence-electron chi connectivity index (χ3n) is 3.12. The number of anilines is 1. The number of nitrogens with one attached hydrogen (secondary N) is 2. The van der Waals surface area contributed by atoms with Crippen LogP contribution in [0.1, 0.15) is 20.3 Å². The fourth-order valence-corrected chi connectivity index (χ4v) is 1.60. The quantitative estimate of drug-likeness (QED) is 0.285. The van der Waals surface area contributed by atoms with Gasteiger partial charge in [0.25, 0.3) is 0 Å². The fraction of sp³-hybridized carbons (Fsp3) is 0.385. The number of para-hydroxylation sites is 2. The minimum atomic E-state index is -0.930. The molecule has 0 aromatic heterocycles. The summed E-state index contributed by atoms with van der Waals surface area (Å²) in [4.78, 5) is 12.0. The first-order valence-electron chi connectivity index (χ1n) is 6.17. The van der Waals surface area contributed by atoms with E-state index in [0.29, 0.717) is 17.9 Å². The Labute approximate surface area is 117 Å². The summed E-state index contributed by atoms with van der Waals surface area (Å²) in [6.45, 7) is 3.49. The maximum Gasteiger partial charge on any atom is 0.320 e. The van der Waals surface area contributed by atoms with Gasteiger partial charge in [0.05, 0.1) is 18.3 Å². The average Bonchev–Trinajstić information content (AvgIpc) is 2.46. The van der Waals surface area contributed by atoms with E-state index in [9.17, 15) is 4.79 Å². The highest BCUT2D eigenvalue weighted by molar-refractivity contribution is 5.97. The molecular formula is C13H20N4O3. The van der Waals surface area contributed by atoms with Gasteiger partial charge >= 0.3 is 6.03 Å². The summed E-state index contributed by atoms with van der Waals surface area (Å²) in [6.07, 6.45) is 0.474. The van der Waals surface area contributed by atoms with E-state index in [0.717, 1.165) is 0 Å². The van der Waals surface area contributed by atoms with Gasteiger partial charge in [-0.3, -0.25) is 0 Å². The summed E-state index contributed by atoms with van der Waals surface area (Å²) in [5.74, 6) is 0.486. The van der Waals surface area contributed by atoms with E-state index >= 15 is 0 Å². The second-order valence-corrected chi connectivity index (χ2v) is 4.45. The topological polar surface area (TPSA) is 109 Å². The Morgan fingerprint density at radius 3 is 2.70 bits per heavy atom. The number of rotatable bonds is 5. The lowest BCUT2D eigenvalue weighted by Crippen LogP contribution is -2.56. The third-order valence-corrected chi connectivity index (χ3v) is 3.12. The number of urea groups is 1. The van der Waals surface area contributed by atoms with Crippen LogP contribution in [0.3, 0.4) is 0 Å². The van der Waals surface area contributed by atoms with Crippen LogP contribution in [0.2, 0.25) is 0 Å². The molecular weight excluding hydrogens is 260 g/mol. The van der Waals surface area contributed by atoms with Crippen molar-refractivity contribution < 1.29 is 14.7 Å². The molecule has 0 aliphatic carbocycles. The van der Waals surface area contributed by atoms with Gasteiger partial charge in [-0.25, -0.2) is 4.79 Å². The maximum atomic E-state index is 12.0. The minimum absolute atomic E-state index is 0.0600. The maximum absolute atomic E-state index is 12.0. The van der Waals surface area contributed by atoms with Crippen LogP contribution in [0.15, 0.2) is 29.4 Å². The van der Waals surface area contributed by atoms with Crippen LogP contribution in [-0.2, 0) is 0 Å². The van der Waals surface area contributed by atoms with Gasteiger partial charge in [-0.05, 0) is 25.5 Å². The van der Waals surface area contributed by atoms with Crippen molar-refractivity contribution in [3.05, 3.63) is 24.3 Å². The lowest BCUT2D eigenvalue weighted by Gasteiger charge is -2.28. The van der Waals surface area contributed by atoms with Gasteiger partial charge in [-0.15, -0.1) is 0 Å². The Bertz CT molecular complexity index is 504. The fourth-order valence-electron chi connectivity index (χ4n) is 1.60. The molecule has 0 saturated carbocycles. The molecule has 0 radical (unpaired) electrons. The molecule has 1 unspecified atom stereocenters. The largest absolute Gasteiger partial charge is 0.495 e. The van der Waals surface area contributed by atoms with Crippen molar-refractivity contribution in [3.63, 3.8) is 0 Å². The SMILES string of the molecule is CCC(C)(NC(=O)Nc1ccccc1OC)/C(N)=N/O. The number of hydrogen-bond acceptors (Lipinski definition) is 4. The van der Waals surface area contributed by atoms with Crippen molar-refractivity contribution in [2.75, 3.05) is 12.4 Å². The van der Waals surface area contributed by atoms with E-state index in [4.69, 9.17) is 15.7 Å². The first-order valence-corrected chi connectivity index (χ1v) is 6.17. The van der Waals surface area contributed by atoms with Crippen molar-refractivity contribution >= 4 is 17.6 Å². The number of nitrogens with zero attached hydrogens (tertiary/aromatic N) is 1. The molecule has 1 atom stereocenters. The molecule has 1 aromatic carbocycles. The minimum Gasteiger partial charge on any atom is -0.495 e. The van der Waals surface area contributed by atoms with Gasteiger partial charge in [0.2, 0.25) is 0 Å². The molecule has 0 aliphatic rings. The number of nitrogens with two attached hydrogens (primary N) is 1. The molecule has 20 heavy (non-hydrogen) atoms. The number of ether oxygens (including phenoxy) is 1. The number of carbonyl (C=O) groups excluding carboxylic acids is 1. The van der Waals surface area contributed by atoms with Gasteiger partial charge in [-0.1, -0.05) is 24.2 Å². The summed E-state index contributed by atoms with van der Waals surface area (Å²) < 4.78 is 5.14. The van der Waals surface area contributed by atoms with Crippen molar-refractivity contribution in [2.45, 2.75) is 25.8 Å². The number of amidine groups is 1. The molecule has 1 aromatic rings. The van der Waals surface area contributed by atoms with E-state index < -0.39 is 11.6 Å². The molecule has 1 rings (SSSR count). The zero-order valence-electron chi connectivity index (χ0n) is 11.8. The Morgan fingerprint density at radius 1 is 1.50 bits per heavy atom. The highest BCUT2D eigenvalue weighted by Gasteiger charge is 2.29. The Balaban J connectivity index is 2.82. The van der Waals surface area contributed by atoms with Crippen LogP contribution < -0.4 is 21.1 Å². The summed E-state index contributed by atoms with van der Waals surface area (Å²) >= 11 is 0. The van der Waals surface area contributed by atoms with Crippen molar-refractivity contribution in [3.8, 4) is 5.75 Å². The molecule has 0 fully saturated rings. The number of methoxy groups -OCH3 is 1. The van der Waals surface area contributed by atoms with Crippen LogP contribution in [-0.4, -0.2) is 29.7 Å². The van der Waals surface area contributed by atoms with Crippen LogP contribution in [0, 0.1) is 0 Å². The lowest BCUT2D eigenvalue weighted by molar-refractivity contribution is 0.244.